The number of thioether (sulfide) groups is 1. The van der Waals surface area contributed by atoms with Gasteiger partial charge in [-0.25, -0.2) is 0 Å². The number of imide groups is 1. The molecule has 0 radical (unpaired) electrons. The maximum Gasteiger partial charge on any atom is 0.305 e. The molecule has 0 spiro atoms. The summed E-state index contributed by atoms with van der Waals surface area (Å²) in [7, 11) is 1.62. The van der Waals surface area contributed by atoms with Crippen molar-refractivity contribution in [1.29, 1.82) is 0 Å². The number of methoxy groups -OCH3 is 1. The molecular weight excluding hydrogens is 558 g/mol. The maximum absolute atomic E-state index is 13.7. The Hall–Kier alpha value is -3.08. The van der Waals surface area contributed by atoms with Crippen LogP contribution in [0.1, 0.15) is 22.8 Å². The predicted molar refractivity (Wildman–Crippen MR) is 148 cm³/mol. The van der Waals surface area contributed by atoms with Gasteiger partial charge in [0.05, 0.1) is 24.0 Å². The summed E-state index contributed by atoms with van der Waals surface area (Å²) in [5.41, 5.74) is 1.62. The van der Waals surface area contributed by atoms with E-state index in [9.17, 15) is 19.2 Å². The zero-order chi connectivity index (χ0) is 27.0. The fourth-order valence-electron chi connectivity index (χ4n) is 7.30. The largest absolute Gasteiger partial charge is 0.497 e. The number of ether oxygens (including phenoxy) is 1. The first-order valence-corrected chi connectivity index (χ1v) is 14.9. The number of hydrogen-bond donors (Lipinski definition) is 2. The Morgan fingerprint density at radius 2 is 1.74 bits per heavy atom. The molecule has 3 aromatic rings. The Morgan fingerprint density at radius 1 is 1.05 bits per heavy atom. The number of hydrogen-bond acceptors (Lipinski definition) is 7. The number of H-pyrrole nitrogens is 1. The highest BCUT2D eigenvalue weighted by atomic mass is 35.5. The van der Waals surface area contributed by atoms with Crippen molar-refractivity contribution < 1.29 is 19.1 Å². The fraction of sp³-hybridized carbons (Fsp3) is 0.357. The van der Waals surface area contributed by atoms with Crippen molar-refractivity contribution >= 4 is 58.1 Å². The molecule has 2 N–H and O–H groups in total. The number of nitrogens with one attached hydrogen (secondary N) is 2. The number of thiazole rings is 1. The van der Waals surface area contributed by atoms with E-state index in [1.807, 2.05) is 24.3 Å². The molecule has 1 aromatic heterocycles. The van der Waals surface area contributed by atoms with Gasteiger partial charge in [-0.2, -0.15) is 0 Å². The molecule has 4 aliphatic rings. The molecule has 8 nitrogen and oxygen atoms in total. The molecule has 200 valence electrons. The van der Waals surface area contributed by atoms with Crippen LogP contribution in [-0.2, 0) is 14.4 Å². The summed E-state index contributed by atoms with van der Waals surface area (Å²) >= 11 is 8.80. The first-order chi connectivity index (χ1) is 18.8. The summed E-state index contributed by atoms with van der Waals surface area (Å²) in [5.74, 6) is -0.996. The molecule has 7 rings (SSSR count). The van der Waals surface area contributed by atoms with Crippen molar-refractivity contribution in [2.45, 2.75) is 22.6 Å². The topological polar surface area (TPSA) is 109 Å². The first kappa shape index (κ1) is 24.9. The number of fused-ring (bicyclic) bond motifs is 9. The van der Waals surface area contributed by atoms with Gasteiger partial charge in [0.2, 0.25) is 17.7 Å². The van der Waals surface area contributed by atoms with E-state index in [1.54, 1.807) is 43.1 Å². The van der Waals surface area contributed by atoms with Crippen LogP contribution in [0.25, 0.3) is 0 Å². The second kappa shape index (κ2) is 9.25. The molecule has 6 unspecified atom stereocenters. The second-order valence-electron chi connectivity index (χ2n) is 10.6. The van der Waals surface area contributed by atoms with Gasteiger partial charge < -0.3 is 15.0 Å². The SMILES string of the molecule is COc1ccc([C@H]2c3sc(=O)[nH]c3SC3C4CC(C5C(=O)N(CC(=O)Nc6ccc(Cl)cc6)C(=O)C45)C32)cc1. The molecule has 11 heteroatoms. The highest BCUT2D eigenvalue weighted by Crippen LogP contribution is 2.68. The summed E-state index contributed by atoms with van der Waals surface area (Å²) in [6, 6.07) is 14.6. The van der Waals surface area contributed by atoms with Crippen LogP contribution in [0.2, 0.25) is 5.02 Å². The first-order valence-electron chi connectivity index (χ1n) is 12.8. The number of amides is 3. The van der Waals surface area contributed by atoms with Crippen LogP contribution in [0.5, 0.6) is 5.75 Å². The Kier molecular flexibility index (Phi) is 5.91. The van der Waals surface area contributed by atoms with Crippen LogP contribution in [0.4, 0.5) is 5.69 Å². The van der Waals surface area contributed by atoms with Gasteiger partial charge in [-0.15, -0.1) is 11.8 Å². The van der Waals surface area contributed by atoms with Gasteiger partial charge in [0.1, 0.15) is 12.3 Å². The van der Waals surface area contributed by atoms with Crippen molar-refractivity contribution in [1.82, 2.24) is 9.88 Å². The molecule has 39 heavy (non-hydrogen) atoms. The van der Waals surface area contributed by atoms with Gasteiger partial charge in [0.15, 0.2) is 0 Å². The Bertz CT molecular complexity index is 1550. The summed E-state index contributed by atoms with van der Waals surface area (Å²) in [5, 5.41) is 4.27. The fourth-order valence-corrected chi connectivity index (χ4v) is 10.3. The van der Waals surface area contributed by atoms with E-state index in [1.165, 1.54) is 11.3 Å². The molecule has 2 aliphatic carbocycles. The quantitative estimate of drug-likeness (QED) is 0.437. The predicted octanol–water partition coefficient (Wildman–Crippen LogP) is 4.21. The standard InChI is InChI=1S/C28H24ClN3O5S2/c1-37-15-8-2-12(3-9-15)19-20-16-10-17(23(20)38-25-24(19)39-28(36)31-25)22-21(16)26(34)32(27(22)35)11-18(33)30-14-6-4-13(29)5-7-14/h2-9,16-17,19-23H,10-11H2,1H3,(H,30,33)(H,31,36)/t16?,17?,19-,20?,21?,22?,23?/m1/s1. The van der Waals surface area contributed by atoms with Gasteiger partial charge in [0, 0.05) is 26.8 Å². The summed E-state index contributed by atoms with van der Waals surface area (Å²) < 4.78 is 5.35. The number of benzene rings is 2. The molecule has 2 aliphatic heterocycles. The average Bonchev–Trinajstić information content (AvgIpc) is 3.66. The highest BCUT2D eigenvalue weighted by molar-refractivity contribution is 8.00. The zero-order valence-electron chi connectivity index (χ0n) is 20.8. The number of aromatic nitrogens is 1. The van der Waals surface area contributed by atoms with Crippen molar-refractivity contribution in [2.75, 3.05) is 19.0 Å². The summed E-state index contributed by atoms with van der Waals surface area (Å²) in [6.45, 7) is -0.308. The molecule has 2 saturated carbocycles. The number of anilines is 1. The zero-order valence-corrected chi connectivity index (χ0v) is 23.1. The van der Waals surface area contributed by atoms with E-state index < -0.39 is 17.7 Å². The monoisotopic (exact) mass is 581 g/mol. The third-order valence-corrected chi connectivity index (χ3v) is 11.6. The van der Waals surface area contributed by atoms with Crippen molar-refractivity contribution in [3.63, 3.8) is 0 Å². The van der Waals surface area contributed by atoms with E-state index in [0.717, 1.165) is 32.5 Å². The minimum Gasteiger partial charge on any atom is -0.497 e. The van der Waals surface area contributed by atoms with Gasteiger partial charge in [-0.3, -0.25) is 24.1 Å². The van der Waals surface area contributed by atoms with Gasteiger partial charge >= 0.3 is 4.87 Å². The van der Waals surface area contributed by atoms with Crippen LogP contribution in [-0.4, -0.2) is 46.5 Å². The van der Waals surface area contributed by atoms with Crippen molar-refractivity contribution in [2.24, 2.45) is 29.6 Å². The molecule has 3 fully saturated rings. The third kappa shape index (κ3) is 3.87. The second-order valence-corrected chi connectivity index (χ2v) is 13.2. The number of nitrogens with zero attached hydrogens (tertiary/aromatic N) is 1. The average molecular weight is 582 g/mol. The van der Waals surface area contributed by atoms with E-state index in [-0.39, 0.29) is 52.2 Å². The van der Waals surface area contributed by atoms with Crippen LogP contribution >= 0.6 is 34.7 Å². The van der Waals surface area contributed by atoms with Crippen LogP contribution in [0, 0.1) is 29.6 Å². The molecule has 2 bridgehead atoms. The van der Waals surface area contributed by atoms with Gasteiger partial charge in [-0.05, 0) is 66.1 Å². The number of halogens is 1. The smallest absolute Gasteiger partial charge is 0.305 e. The van der Waals surface area contributed by atoms with Crippen LogP contribution < -0.4 is 14.9 Å². The van der Waals surface area contributed by atoms with E-state index in [2.05, 4.69) is 10.3 Å². The minimum atomic E-state index is -0.439. The number of carbonyl (C=O) groups excluding carboxylic acids is 3. The summed E-state index contributed by atoms with van der Waals surface area (Å²) in [4.78, 5) is 57.6. The Labute approximate surface area is 237 Å². The molecule has 2 aromatic carbocycles. The number of rotatable bonds is 5. The van der Waals surface area contributed by atoms with Crippen LogP contribution in [0.3, 0.4) is 0 Å². The molecule has 3 amide bonds. The number of carbonyl (C=O) groups is 3. The lowest BCUT2D eigenvalue weighted by Crippen LogP contribution is -2.42. The molecule has 1 saturated heterocycles. The van der Waals surface area contributed by atoms with Gasteiger partial charge in [0.25, 0.3) is 0 Å². The number of likely N-dealkylation sites (tertiary alicyclic amines) is 1. The lowest BCUT2D eigenvalue weighted by Gasteiger charge is -2.43. The lowest BCUT2D eigenvalue weighted by molar-refractivity contribution is -0.143. The van der Waals surface area contributed by atoms with E-state index >= 15 is 0 Å². The summed E-state index contributed by atoms with van der Waals surface area (Å²) in [6.07, 6.45) is 0.797. The normalized spacial score (nSPS) is 30.2. The minimum absolute atomic E-state index is 0.00395. The maximum atomic E-state index is 13.7. The lowest BCUT2D eigenvalue weighted by atomic mass is 9.68. The van der Waals surface area contributed by atoms with E-state index in [4.69, 9.17) is 16.3 Å². The third-order valence-electron chi connectivity index (χ3n) is 8.72. The van der Waals surface area contributed by atoms with Crippen molar-refractivity contribution in [3.8, 4) is 5.75 Å². The van der Waals surface area contributed by atoms with Gasteiger partial charge in [-0.1, -0.05) is 35.1 Å². The van der Waals surface area contributed by atoms with E-state index in [0.29, 0.717) is 10.7 Å². The number of aromatic amines is 1. The van der Waals surface area contributed by atoms with Crippen LogP contribution in [0.15, 0.2) is 58.4 Å². The molecule has 7 atom stereocenters. The molecule has 3 heterocycles. The van der Waals surface area contributed by atoms with Crippen molar-refractivity contribution in [3.05, 3.63) is 73.7 Å². The highest BCUT2D eigenvalue weighted by Gasteiger charge is 2.69. The Morgan fingerprint density at radius 3 is 2.44 bits per heavy atom. The molecular formula is C28H24ClN3O5S2. The Balaban J connectivity index is 1.18.